The topological polar surface area (TPSA) is 64.3 Å². The number of likely N-dealkylation sites (N-methyl/N-ethyl adjacent to an activating group) is 1. The molecule has 5 heteroatoms. The van der Waals surface area contributed by atoms with Crippen molar-refractivity contribution >= 4 is 5.82 Å². The van der Waals surface area contributed by atoms with Crippen LogP contribution in [-0.2, 0) is 13.0 Å². The van der Waals surface area contributed by atoms with Crippen molar-refractivity contribution in [3.63, 3.8) is 0 Å². The molecule has 0 bridgehead atoms. The van der Waals surface area contributed by atoms with E-state index in [2.05, 4.69) is 21.9 Å². The monoisotopic (exact) mass is 194 g/mol. The van der Waals surface area contributed by atoms with Crippen molar-refractivity contribution in [3.8, 4) is 6.01 Å². The van der Waals surface area contributed by atoms with Crippen LogP contribution in [-0.4, -0.2) is 35.6 Å². The molecule has 0 saturated heterocycles. The summed E-state index contributed by atoms with van der Waals surface area (Å²) in [5, 5.41) is 0. The number of nitrogens with zero attached hydrogens (tertiary/aromatic N) is 3. The summed E-state index contributed by atoms with van der Waals surface area (Å²) in [5.41, 5.74) is 7.88. The van der Waals surface area contributed by atoms with Crippen LogP contribution in [0.25, 0.3) is 0 Å². The molecule has 2 heterocycles. The van der Waals surface area contributed by atoms with Crippen LogP contribution in [0, 0.1) is 0 Å². The second kappa shape index (κ2) is 3.42. The van der Waals surface area contributed by atoms with E-state index in [-0.39, 0.29) is 0 Å². The SMILES string of the molecule is COc1nc(N)c2c(n1)CCN(C)C2. The van der Waals surface area contributed by atoms with Crippen LogP contribution in [0.5, 0.6) is 6.01 Å². The number of anilines is 1. The number of aromatic nitrogens is 2. The molecular weight excluding hydrogens is 180 g/mol. The Labute approximate surface area is 82.9 Å². The van der Waals surface area contributed by atoms with E-state index in [0.29, 0.717) is 11.8 Å². The predicted molar refractivity (Wildman–Crippen MR) is 53.0 cm³/mol. The van der Waals surface area contributed by atoms with Crippen LogP contribution in [0.15, 0.2) is 0 Å². The van der Waals surface area contributed by atoms with Crippen molar-refractivity contribution in [2.45, 2.75) is 13.0 Å². The number of ether oxygens (including phenoxy) is 1. The maximum atomic E-state index is 5.82. The Balaban J connectivity index is 2.43. The van der Waals surface area contributed by atoms with Gasteiger partial charge >= 0.3 is 6.01 Å². The van der Waals surface area contributed by atoms with Gasteiger partial charge in [-0.3, -0.25) is 0 Å². The van der Waals surface area contributed by atoms with Crippen molar-refractivity contribution in [1.29, 1.82) is 0 Å². The number of nitrogens with two attached hydrogens (primary N) is 1. The van der Waals surface area contributed by atoms with Gasteiger partial charge in [0.15, 0.2) is 0 Å². The maximum absolute atomic E-state index is 5.82. The first-order valence-corrected chi connectivity index (χ1v) is 4.58. The molecule has 2 N–H and O–H groups in total. The highest BCUT2D eigenvalue weighted by molar-refractivity contribution is 5.44. The van der Waals surface area contributed by atoms with Crippen LogP contribution >= 0.6 is 0 Å². The first-order valence-electron chi connectivity index (χ1n) is 4.58. The molecule has 1 aromatic rings. The van der Waals surface area contributed by atoms with Gasteiger partial charge in [0, 0.05) is 25.1 Å². The van der Waals surface area contributed by atoms with Crippen molar-refractivity contribution in [2.75, 3.05) is 26.4 Å². The average Bonchev–Trinajstić information content (AvgIpc) is 2.19. The summed E-state index contributed by atoms with van der Waals surface area (Å²) in [6, 6.07) is 0.366. The molecule has 0 spiro atoms. The van der Waals surface area contributed by atoms with Gasteiger partial charge in [0.1, 0.15) is 5.82 Å². The van der Waals surface area contributed by atoms with Crippen molar-refractivity contribution in [2.24, 2.45) is 0 Å². The minimum atomic E-state index is 0.366. The minimum Gasteiger partial charge on any atom is -0.467 e. The summed E-state index contributed by atoms with van der Waals surface area (Å²) in [6.45, 7) is 1.83. The quantitative estimate of drug-likeness (QED) is 0.684. The lowest BCUT2D eigenvalue weighted by atomic mass is 10.1. The molecule has 14 heavy (non-hydrogen) atoms. The molecule has 0 amide bonds. The van der Waals surface area contributed by atoms with Gasteiger partial charge in [-0.2, -0.15) is 9.97 Å². The number of nitrogen functional groups attached to an aromatic ring is 1. The van der Waals surface area contributed by atoms with E-state index in [4.69, 9.17) is 10.5 Å². The highest BCUT2D eigenvalue weighted by Crippen LogP contribution is 2.22. The van der Waals surface area contributed by atoms with Gasteiger partial charge in [-0.15, -0.1) is 0 Å². The van der Waals surface area contributed by atoms with E-state index in [9.17, 15) is 0 Å². The van der Waals surface area contributed by atoms with Crippen molar-refractivity contribution < 1.29 is 4.74 Å². The molecule has 0 aromatic carbocycles. The summed E-state index contributed by atoms with van der Waals surface area (Å²) >= 11 is 0. The van der Waals surface area contributed by atoms with Crippen LogP contribution in [0.3, 0.4) is 0 Å². The third-order valence-corrected chi connectivity index (χ3v) is 2.45. The molecule has 0 unspecified atom stereocenters. The van der Waals surface area contributed by atoms with Crippen LogP contribution in [0.4, 0.5) is 5.82 Å². The molecule has 0 aliphatic carbocycles. The largest absolute Gasteiger partial charge is 0.467 e. The van der Waals surface area contributed by atoms with Gasteiger partial charge in [0.2, 0.25) is 0 Å². The summed E-state index contributed by atoms with van der Waals surface area (Å²) in [7, 11) is 3.61. The highest BCUT2D eigenvalue weighted by Gasteiger charge is 2.19. The molecule has 1 aliphatic rings. The Bertz CT molecular complexity index is 353. The second-order valence-corrected chi connectivity index (χ2v) is 3.51. The summed E-state index contributed by atoms with van der Waals surface area (Å²) in [5.74, 6) is 0.540. The zero-order chi connectivity index (χ0) is 10.1. The van der Waals surface area contributed by atoms with Crippen LogP contribution in [0.2, 0.25) is 0 Å². The predicted octanol–water partition coefficient (Wildman–Crippen LogP) is 0.0553. The van der Waals surface area contributed by atoms with E-state index in [1.165, 1.54) is 0 Å². The second-order valence-electron chi connectivity index (χ2n) is 3.51. The Morgan fingerprint density at radius 2 is 2.21 bits per heavy atom. The number of fused-ring (bicyclic) bond motifs is 1. The molecule has 2 rings (SSSR count). The summed E-state index contributed by atoms with van der Waals surface area (Å²) in [4.78, 5) is 10.5. The molecule has 0 fully saturated rings. The highest BCUT2D eigenvalue weighted by atomic mass is 16.5. The Hall–Kier alpha value is -1.36. The number of rotatable bonds is 1. The van der Waals surface area contributed by atoms with E-state index in [1.807, 2.05) is 0 Å². The molecular formula is C9H14N4O. The zero-order valence-corrected chi connectivity index (χ0v) is 8.45. The minimum absolute atomic E-state index is 0.366. The summed E-state index contributed by atoms with van der Waals surface area (Å²) in [6.07, 6.45) is 0.912. The van der Waals surface area contributed by atoms with Crippen LogP contribution in [0.1, 0.15) is 11.3 Å². The molecule has 0 atom stereocenters. The maximum Gasteiger partial charge on any atom is 0.318 e. The van der Waals surface area contributed by atoms with Gasteiger partial charge in [-0.1, -0.05) is 0 Å². The Morgan fingerprint density at radius 1 is 1.43 bits per heavy atom. The Morgan fingerprint density at radius 3 is 2.93 bits per heavy atom. The molecule has 1 aliphatic heterocycles. The standard InChI is InChI=1S/C9H14N4O/c1-13-4-3-7-6(5-13)8(10)12-9(11-7)14-2/h3-5H2,1-2H3,(H2,10,11,12). The zero-order valence-electron chi connectivity index (χ0n) is 8.45. The molecule has 0 radical (unpaired) electrons. The smallest absolute Gasteiger partial charge is 0.318 e. The van der Waals surface area contributed by atoms with E-state index in [0.717, 1.165) is 30.8 Å². The van der Waals surface area contributed by atoms with Crippen molar-refractivity contribution in [1.82, 2.24) is 14.9 Å². The first kappa shape index (κ1) is 9.21. The van der Waals surface area contributed by atoms with E-state index in [1.54, 1.807) is 7.11 Å². The van der Waals surface area contributed by atoms with E-state index >= 15 is 0 Å². The third kappa shape index (κ3) is 1.50. The van der Waals surface area contributed by atoms with Gasteiger partial charge in [-0.05, 0) is 7.05 Å². The molecule has 0 saturated carbocycles. The molecule has 5 nitrogen and oxygen atoms in total. The van der Waals surface area contributed by atoms with E-state index < -0.39 is 0 Å². The fourth-order valence-corrected chi connectivity index (χ4v) is 1.64. The lowest BCUT2D eigenvalue weighted by molar-refractivity contribution is 0.305. The first-order chi connectivity index (χ1) is 6.70. The van der Waals surface area contributed by atoms with Crippen LogP contribution < -0.4 is 10.5 Å². The molecule has 1 aromatic heterocycles. The molecule has 76 valence electrons. The number of methoxy groups -OCH3 is 1. The fourth-order valence-electron chi connectivity index (χ4n) is 1.64. The van der Waals surface area contributed by atoms with Gasteiger partial charge < -0.3 is 15.4 Å². The number of hydrogen-bond acceptors (Lipinski definition) is 5. The van der Waals surface area contributed by atoms with Gasteiger partial charge in [0.05, 0.1) is 12.8 Å². The Kier molecular flexibility index (Phi) is 2.25. The summed E-state index contributed by atoms with van der Waals surface area (Å²) < 4.78 is 4.97. The lowest BCUT2D eigenvalue weighted by Crippen LogP contribution is -2.28. The van der Waals surface area contributed by atoms with Gasteiger partial charge in [0.25, 0.3) is 0 Å². The fraction of sp³-hybridized carbons (Fsp3) is 0.556. The third-order valence-electron chi connectivity index (χ3n) is 2.45. The number of hydrogen-bond donors (Lipinski definition) is 1. The normalized spacial score (nSPS) is 16.4. The lowest BCUT2D eigenvalue weighted by Gasteiger charge is -2.24. The van der Waals surface area contributed by atoms with Crippen molar-refractivity contribution in [3.05, 3.63) is 11.3 Å². The average molecular weight is 194 g/mol. The van der Waals surface area contributed by atoms with Gasteiger partial charge in [-0.25, -0.2) is 0 Å².